The maximum absolute atomic E-state index is 13.1. The van der Waals surface area contributed by atoms with E-state index in [0.29, 0.717) is 54.7 Å². The van der Waals surface area contributed by atoms with Crippen LogP contribution in [-0.2, 0) is 14.3 Å². The molecule has 0 radical (unpaired) electrons. The van der Waals surface area contributed by atoms with E-state index in [1.54, 1.807) is 31.1 Å². The molecule has 2 aliphatic heterocycles. The first kappa shape index (κ1) is 19.8. The number of amides is 1. The second-order valence-electron chi connectivity index (χ2n) is 6.75. The number of fused-ring (bicyclic) bond motifs is 1. The van der Waals surface area contributed by atoms with Crippen LogP contribution in [0.3, 0.4) is 0 Å². The van der Waals surface area contributed by atoms with Crippen molar-refractivity contribution in [1.82, 2.24) is 4.90 Å². The molecule has 0 aromatic heterocycles. The number of benzene rings is 1. The van der Waals surface area contributed by atoms with Gasteiger partial charge >= 0.3 is 5.97 Å². The molecule has 0 saturated carbocycles. The lowest BCUT2D eigenvalue weighted by atomic mass is 9.80. The molecule has 0 spiro atoms. The Labute approximate surface area is 163 Å². The molecule has 0 bridgehead atoms. The summed E-state index contributed by atoms with van der Waals surface area (Å²) < 4.78 is 21.6. The van der Waals surface area contributed by atoms with Crippen molar-refractivity contribution >= 4 is 23.5 Å². The predicted molar refractivity (Wildman–Crippen MR) is 98.5 cm³/mol. The molecule has 1 aromatic rings. The molecule has 3 rings (SSSR count). The highest BCUT2D eigenvalue weighted by Gasteiger charge is 2.45. The lowest BCUT2D eigenvalue weighted by molar-refractivity contribution is -0.162. The van der Waals surface area contributed by atoms with E-state index in [2.05, 4.69) is 0 Å². The van der Waals surface area contributed by atoms with Crippen molar-refractivity contribution in [3.05, 3.63) is 22.7 Å². The van der Waals surface area contributed by atoms with Gasteiger partial charge in [-0.15, -0.1) is 0 Å². The summed E-state index contributed by atoms with van der Waals surface area (Å²) in [4.78, 5) is 27.3. The summed E-state index contributed by atoms with van der Waals surface area (Å²) in [5, 5.41) is 0.334. The molecule has 148 valence electrons. The van der Waals surface area contributed by atoms with Gasteiger partial charge in [-0.2, -0.15) is 0 Å². The summed E-state index contributed by atoms with van der Waals surface area (Å²) in [6.45, 7) is 3.88. The molecule has 7 nitrogen and oxygen atoms in total. The summed E-state index contributed by atoms with van der Waals surface area (Å²) in [6, 6.07) is 3.22. The van der Waals surface area contributed by atoms with Crippen LogP contribution in [0.5, 0.6) is 11.5 Å². The van der Waals surface area contributed by atoms with E-state index in [0.717, 1.165) is 0 Å². The number of piperidine rings is 1. The van der Waals surface area contributed by atoms with Crippen LogP contribution < -0.4 is 9.47 Å². The molecule has 1 atom stereocenters. The van der Waals surface area contributed by atoms with Crippen LogP contribution >= 0.6 is 11.6 Å². The summed E-state index contributed by atoms with van der Waals surface area (Å²) in [7, 11) is 1.54. The van der Waals surface area contributed by atoms with E-state index >= 15 is 0 Å². The largest absolute Gasteiger partial charge is 0.486 e. The minimum absolute atomic E-state index is 0.206. The first-order valence-electron chi connectivity index (χ1n) is 9.05. The van der Waals surface area contributed by atoms with Gasteiger partial charge in [0.25, 0.3) is 5.91 Å². The molecule has 0 aliphatic carbocycles. The van der Waals surface area contributed by atoms with Crippen molar-refractivity contribution in [2.75, 3.05) is 46.6 Å². The number of rotatable bonds is 5. The van der Waals surface area contributed by atoms with Gasteiger partial charge in [0.15, 0.2) is 11.5 Å². The van der Waals surface area contributed by atoms with Crippen LogP contribution in [0, 0.1) is 5.41 Å². The van der Waals surface area contributed by atoms with Gasteiger partial charge in [0, 0.05) is 25.8 Å². The first-order chi connectivity index (χ1) is 13.0. The van der Waals surface area contributed by atoms with Crippen LogP contribution in [0.1, 0.15) is 30.1 Å². The molecular weight excluding hydrogens is 374 g/mol. The Balaban J connectivity index is 1.84. The summed E-state index contributed by atoms with van der Waals surface area (Å²) >= 11 is 6.26. The van der Waals surface area contributed by atoms with Crippen LogP contribution in [0.25, 0.3) is 0 Å². The Hall–Kier alpha value is -1.99. The highest BCUT2D eigenvalue weighted by Crippen LogP contribution is 2.39. The van der Waals surface area contributed by atoms with Crippen molar-refractivity contribution in [3.63, 3.8) is 0 Å². The van der Waals surface area contributed by atoms with Crippen LogP contribution in [-0.4, -0.2) is 63.4 Å². The van der Waals surface area contributed by atoms with E-state index in [4.69, 9.17) is 30.5 Å². The Morgan fingerprint density at radius 1 is 1.30 bits per heavy atom. The molecular formula is C19H24ClNO6. The number of likely N-dealkylation sites (tertiary alicyclic amines) is 1. The van der Waals surface area contributed by atoms with E-state index < -0.39 is 5.41 Å². The van der Waals surface area contributed by atoms with Crippen LogP contribution in [0.2, 0.25) is 5.02 Å². The average molecular weight is 398 g/mol. The van der Waals surface area contributed by atoms with Crippen molar-refractivity contribution in [1.29, 1.82) is 0 Å². The molecule has 2 aliphatic rings. The number of hydrogen-bond donors (Lipinski definition) is 0. The van der Waals surface area contributed by atoms with Crippen molar-refractivity contribution in [3.8, 4) is 11.5 Å². The second kappa shape index (κ2) is 8.35. The topological polar surface area (TPSA) is 74.3 Å². The SMILES string of the molecule is CCOC(=O)[C@@]1(COC)CCCN(C(=O)c2cc(Cl)c3c(c2)OCCO3)C1. The fraction of sp³-hybridized carbons (Fsp3) is 0.579. The summed E-state index contributed by atoms with van der Waals surface area (Å²) in [5.74, 6) is 0.379. The predicted octanol–water partition coefficient (Wildman–Crippen LogP) is 2.54. The number of methoxy groups -OCH3 is 1. The van der Waals surface area contributed by atoms with Gasteiger partial charge in [-0.25, -0.2) is 0 Å². The zero-order chi connectivity index (χ0) is 19.4. The lowest BCUT2D eigenvalue weighted by Crippen LogP contribution is -2.52. The molecule has 0 N–H and O–H groups in total. The number of carbonyl (C=O) groups excluding carboxylic acids is 2. The lowest BCUT2D eigenvalue weighted by Gasteiger charge is -2.40. The number of ether oxygens (including phenoxy) is 4. The van der Waals surface area contributed by atoms with E-state index in [9.17, 15) is 9.59 Å². The fourth-order valence-corrected chi connectivity index (χ4v) is 3.89. The third-order valence-electron chi connectivity index (χ3n) is 4.84. The van der Waals surface area contributed by atoms with Crippen molar-refractivity contribution in [2.45, 2.75) is 19.8 Å². The average Bonchev–Trinajstić information content (AvgIpc) is 2.68. The highest BCUT2D eigenvalue weighted by atomic mass is 35.5. The Morgan fingerprint density at radius 2 is 2.07 bits per heavy atom. The number of esters is 1. The quantitative estimate of drug-likeness (QED) is 0.711. The second-order valence-corrected chi connectivity index (χ2v) is 7.15. The van der Waals surface area contributed by atoms with Crippen LogP contribution in [0.15, 0.2) is 12.1 Å². The Morgan fingerprint density at radius 3 is 2.81 bits per heavy atom. The maximum atomic E-state index is 13.1. The number of hydrogen-bond acceptors (Lipinski definition) is 6. The van der Waals surface area contributed by atoms with Gasteiger partial charge in [0.2, 0.25) is 0 Å². The minimum Gasteiger partial charge on any atom is -0.486 e. The Kier molecular flexibility index (Phi) is 6.11. The first-order valence-corrected chi connectivity index (χ1v) is 9.43. The number of carbonyl (C=O) groups is 2. The summed E-state index contributed by atoms with van der Waals surface area (Å²) in [6.07, 6.45) is 1.30. The van der Waals surface area contributed by atoms with Crippen molar-refractivity contribution < 1.29 is 28.5 Å². The third-order valence-corrected chi connectivity index (χ3v) is 5.12. The third kappa shape index (κ3) is 3.99. The summed E-state index contributed by atoms with van der Waals surface area (Å²) in [5.41, 5.74) is -0.447. The zero-order valence-electron chi connectivity index (χ0n) is 15.6. The number of halogens is 1. The molecule has 2 heterocycles. The molecule has 1 fully saturated rings. The molecule has 27 heavy (non-hydrogen) atoms. The Bertz CT molecular complexity index is 720. The van der Waals surface area contributed by atoms with Gasteiger partial charge in [-0.3, -0.25) is 9.59 Å². The van der Waals surface area contributed by atoms with E-state index in [-0.39, 0.29) is 31.6 Å². The zero-order valence-corrected chi connectivity index (χ0v) is 16.3. The molecule has 1 amide bonds. The minimum atomic E-state index is -0.851. The molecule has 1 aromatic carbocycles. The van der Waals surface area contributed by atoms with Crippen LogP contribution in [0.4, 0.5) is 0 Å². The standard InChI is InChI=1S/C19H24ClNO6/c1-3-25-18(23)19(12-24-2)5-4-6-21(11-19)17(22)13-9-14(20)16-15(10-13)26-7-8-27-16/h9-10H,3-8,11-12H2,1-2H3/t19-/m0/s1. The number of nitrogens with zero attached hydrogens (tertiary/aromatic N) is 1. The smallest absolute Gasteiger partial charge is 0.316 e. The van der Waals surface area contributed by atoms with E-state index in [1.165, 1.54) is 0 Å². The van der Waals surface area contributed by atoms with Gasteiger partial charge in [-0.1, -0.05) is 11.6 Å². The van der Waals surface area contributed by atoms with Gasteiger partial charge in [0.1, 0.15) is 18.6 Å². The maximum Gasteiger partial charge on any atom is 0.316 e. The highest BCUT2D eigenvalue weighted by molar-refractivity contribution is 6.32. The normalized spacial score (nSPS) is 21.7. The molecule has 1 saturated heterocycles. The van der Waals surface area contributed by atoms with Gasteiger partial charge < -0.3 is 23.8 Å². The monoisotopic (exact) mass is 397 g/mol. The van der Waals surface area contributed by atoms with Gasteiger partial charge in [-0.05, 0) is 31.9 Å². The molecule has 8 heteroatoms. The van der Waals surface area contributed by atoms with E-state index in [1.807, 2.05) is 0 Å². The van der Waals surface area contributed by atoms with Crippen molar-refractivity contribution in [2.24, 2.45) is 5.41 Å². The van der Waals surface area contributed by atoms with Gasteiger partial charge in [0.05, 0.1) is 18.2 Å². The molecule has 0 unspecified atom stereocenters. The fourth-order valence-electron chi connectivity index (χ4n) is 3.63.